The van der Waals surface area contributed by atoms with Gasteiger partial charge in [-0.05, 0) is 25.8 Å². The van der Waals surface area contributed by atoms with Gasteiger partial charge in [0.15, 0.2) is 0 Å². The summed E-state index contributed by atoms with van der Waals surface area (Å²) in [7, 11) is 6.48. The zero-order chi connectivity index (χ0) is 24.5. The van der Waals surface area contributed by atoms with E-state index in [1.54, 1.807) is 28.4 Å². The van der Waals surface area contributed by atoms with Gasteiger partial charge in [-0.1, -0.05) is 6.92 Å². The van der Waals surface area contributed by atoms with Gasteiger partial charge in [-0.15, -0.1) is 0 Å². The first-order valence-electron chi connectivity index (χ1n) is 12.8. The minimum absolute atomic E-state index is 0.0774. The van der Waals surface area contributed by atoms with E-state index in [4.69, 9.17) is 18.9 Å². The number of nitrogens with zero attached hydrogens (tertiary/aromatic N) is 1. The SMILES string of the molecule is CCN1C[C@]2(CO)CC[C@H](OC)[C@]34C1[C@@](O)([C@@H](OC)[C@H]23)[C@@]1(O)C[C@H](OC)[C@H]2C[C@]4(O)[C@@H]1[C@H]2OC. The molecular weight excluding hydrogens is 442 g/mol. The van der Waals surface area contributed by atoms with Gasteiger partial charge >= 0.3 is 0 Å². The van der Waals surface area contributed by atoms with E-state index in [1.165, 1.54) is 0 Å². The maximum absolute atomic E-state index is 13.1. The fourth-order valence-electron chi connectivity index (χ4n) is 11.0. The fourth-order valence-corrected chi connectivity index (χ4v) is 11.0. The molecule has 6 rings (SSSR count). The molecule has 4 N–H and O–H groups in total. The molecular formula is C25H41NO8. The normalized spacial score (nSPS) is 61.7. The Bertz CT molecular complexity index is 861. The van der Waals surface area contributed by atoms with Gasteiger partial charge in [0, 0.05) is 64.6 Å². The number of likely N-dealkylation sites (N-methyl/N-ethyl adjacent to an activating group) is 1. The Morgan fingerprint density at radius 3 is 2.21 bits per heavy atom. The van der Waals surface area contributed by atoms with Crippen LogP contribution in [0.5, 0.6) is 0 Å². The summed E-state index contributed by atoms with van der Waals surface area (Å²) in [4.78, 5) is 2.18. The van der Waals surface area contributed by atoms with Gasteiger partial charge in [-0.2, -0.15) is 0 Å². The molecule has 0 aromatic carbocycles. The molecule has 0 amide bonds. The smallest absolute Gasteiger partial charge is 0.136 e. The molecule has 6 fully saturated rings. The molecule has 0 aromatic heterocycles. The summed E-state index contributed by atoms with van der Waals surface area (Å²) in [6, 6.07) is -0.594. The number of aliphatic hydroxyl groups is 4. The monoisotopic (exact) mass is 483 g/mol. The number of ether oxygens (including phenoxy) is 4. The number of aliphatic hydroxyl groups excluding tert-OH is 1. The van der Waals surface area contributed by atoms with Gasteiger partial charge in [0.05, 0.1) is 48.1 Å². The molecule has 1 heterocycles. The van der Waals surface area contributed by atoms with Crippen LogP contribution >= 0.6 is 0 Å². The van der Waals surface area contributed by atoms with E-state index >= 15 is 0 Å². The van der Waals surface area contributed by atoms with Crippen LogP contribution in [0.15, 0.2) is 0 Å². The highest BCUT2D eigenvalue weighted by Crippen LogP contribution is 2.81. The lowest BCUT2D eigenvalue weighted by molar-refractivity contribution is -0.357. The molecule has 0 aromatic rings. The summed E-state index contributed by atoms with van der Waals surface area (Å²) in [5.74, 6) is -1.24. The number of hydrogen-bond acceptors (Lipinski definition) is 9. The standard InChI is InChI=1S/C25H41NO8/c1-6-26-11-21(12-27)8-7-15(32-3)24-18(21)19(34-5)25(30,20(24)26)23(29)10-14(31-2)13-9-22(24,28)17(23)16(13)33-4/h13-20,27-30H,6-12H2,1-5H3/t13-,14+,15+,16+,17+,18-,19+,20?,21+,22+,23-,24-,25+/m1/s1. The van der Waals surface area contributed by atoms with Gasteiger partial charge in [0.2, 0.25) is 0 Å². The Morgan fingerprint density at radius 1 is 0.912 bits per heavy atom. The van der Waals surface area contributed by atoms with Gasteiger partial charge in [0.25, 0.3) is 0 Å². The first-order chi connectivity index (χ1) is 16.2. The second kappa shape index (κ2) is 7.14. The van der Waals surface area contributed by atoms with Crippen LogP contribution in [0, 0.1) is 28.6 Å². The predicted octanol–water partition coefficient (Wildman–Crippen LogP) is -0.614. The highest BCUT2D eigenvalue weighted by atomic mass is 16.5. The van der Waals surface area contributed by atoms with E-state index in [0.717, 1.165) is 0 Å². The topological polar surface area (TPSA) is 121 Å². The van der Waals surface area contributed by atoms with Crippen LogP contribution in [0.3, 0.4) is 0 Å². The quantitative estimate of drug-likeness (QED) is 0.392. The van der Waals surface area contributed by atoms with Crippen LogP contribution in [0.1, 0.15) is 32.6 Å². The summed E-state index contributed by atoms with van der Waals surface area (Å²) in [6.07, 6.45) is -0.0670. The second-order valence-corrected chi connectivity index (χ2v) is 12.0. The number of rotatable bonds is 6. The zero-order valence-corrected chi connectivity index (χ0v) is 20.9. The lowest BCUT2D eigenvalue weighted by Gasteiger charge is -2.72. The number of methoxy groups -OCH3 is 4. The zero-order valence-electron chi connectivity index (χ0n) is 20.9. The number of piperidine rings is 1. The molecule has 5 aliphatic carbocycles. The van der Waals surface area contributed by atoms with E-state index in [0.29, 0.717) is 32.4 Å². The van der Waals surface area contributed by atoms with Crippen molar-refractivity contribution in [1.82, 2.24) is 4.90 Å². The van der Waals surface area contributed by atoms with Crippen molar-refractivity contribution in [2.24, 2.45) is 28.6 Å². The van der Waals surface area contributed by atoms with Gasteiger partial charge in [-0.25, -0.2) is 0 Å². The third kappa shape index (κ3) is 2.08. The lowest BCUT2D eigenvalue weighted by Crippen LogP contribution is -2.86. The third-order valence-electron chi connectivity index (χ3n) is 11.7. The molecule has 1 aliphatic heterocycles. The number of fused-ring (bicyclic) bond motifs is 2. The van der Waals surface area contributed by atoms with Gasteiger partial charge < -0.3 is 39.4 Å². The van der Waals surface area contributed by atoms with Gasteiger partial charge in [-0.3, -0.25) is 4.90 Å². The van der Waals surface area contributed by atoms with Crippen molar-refractivity contribution in [3.05, 3.63) is 0 Å². The van der Waals surface area contributed by atoms with Gasteiger partial charge in [0.1, 0.15) is 11.2 Å². The van der Waals surface area contributed by atoms with Crippen molar-refractivity contribution in [2.45, 2.75) is 79.9 Å². The van der Waals surface area contributed by atoms with E-state index in [9.17, 15) is 20.4 Å². The molecule has 7 bridgehead atoms. The molecule has 0 radical (unpaired) electrons. The van der Waals surface area contributed by atoms with Crippen molar-refractivity contribution in [3.8, 4) is 0 Å². The van der Waals surface area contributed by atoms with Crippen LogP contribution in [0.25, 0.3) is 0 Å². The second-order valence-electron chi connectivity index (χ2n) is 12.0. The minimum atomic E-state index is -1.71. The molecule has 1 unspecified atom stereocenters. The lowest BCUT2D eigenvalue weighted by atomic mass is 9.41. The van der Waals surface area contributed by atoms with Crippen LogP contribution in [0.2, 0.25) is 0 Å². The molecule has 6 aliphatic rings. The Hall–Kier alpha value is -0.360. The van der Waals surface area contributed by atoms with E-state index in [-0.39, 0.29) is 37.1 Å². The first kappa shape index (κ1) is 24.0. The van der Waals surface area contributed by atoms with E-state index in [1.807, 2.05) is 6.92 Å². The Kier molecular flexibility index (Phi) is 5.04. The number of likely N-dealkylation sites (tertiary alicyclic amines) is 1. The molecule has 5 saturated carbocycles. The molecule has 13 atom stereocenters. The summed E-state index contributed by atoms with van der Waals surface area (Å²) in [6.45, 7) is 3.15. The van der Waals surface area contributed by atoms with Crippen LogP contribution in [-0.4, -0.2) is 121 Å². The van der Waals surface area contributed by atoms with Crippen molar-refractivity contribution < 1.29 is 39.4 Å². The van der Waals surface area contributed by atoms with Crippen LogP contribution in [0.4, 0.5) is 0 Å². The largest absolute Gasteiger partial charge is 0.396 e. The average Bonchev–Trinajstić information content (AvgIpc) is 3.20. The highest BCUT2D eigenvalue weighted by molar-refractivity contribution is 5.45. The maximum Gasteiger partial charge on any atom is 0.136 e. The summed E-state index contributed by atoms with van der Waals surface area (Å²) < 4.78 is 24.2. The van der Waals surface area contributed by atoms with Crippen molar-refractivity contribution in [3.63, 3.8) is 0 Å². The highest BCUT2D eigenvalue weighted by Gasteiger charge is 2.95. The maximum atomic E-state index is 13.1. The first-order valence-corrected chi connectivity index (χ1v) is 12.8. The average molecular weight is 484 g/mol. The molecule has 34 heavy (non-hydrogen) atoms. The van der Waals surface area contributed by atoms with Crippen molar-refractivity contribution in [1.29, 1.82) is 0 Å². The number of hydrogen-bond donors (Lipinski definition) is 4. The molecule has 9 heteroatoms. The Balaban J connectivity index is 1.73. The summed E-state index contributed by atoms with van der Waals surface area (Å²) in [5, 5.41) is 49.7. The fraction of sp³-hybridized carbons (Fsp3) is 1.00. The molecule has 1 spiro atoms. The molecule has 9 nitrogen and oxygen atoms in total. The van der Waals surface area contributed by atoms with Crippen molar-refractivity contribution >= 4 is 0 Å². The Morgan fingerprint density at radius 2 is 1.65 bits per heavy atom. The minimum Gasteiger partial charge on any atom is -0.396 e. The van der Waals surface area contributed by atoms with Crippen LogP contribution < -0.4 is 0 Å². The molecule has 1 saturated heterocycles. The third-order valence-corrected chi connectivity index (χ3v) is 11.7. The predicted molar refractivity (Wildman–Crippen MR) is 120 cm³/mol. The van der Waals surface area contributed by atoms with E-state index < -0.39 is 51.8 Å². The van der Waals surface area contributed by atoms with Crippen molar-refractivity contribution in [2.75, 3.05) is 48.1 Å². The van der Waals surface area contributed by atoms with E-state index in [2.05, 4.69) is 4.90 Å². The summed E-state index contributed by atoms with van der Waals surface area (Å²) in [5.41, 5.74) is -6.34. The Labute approximate surface area is 201 Å². The molecule has 194 valence electrons. The summed E-state index contributed by atoms with van der Waals surface area (Å²) >= 11 is 0. The van der Waals surface area contributed by atoms with Crippen LogP contribution in [-0.2, 0) is 18.9 Å².